The fraction of sp³-hybridized carbons (Fsp3) is 0.571. The molecule has 0 radical (unpaired) electrons. The molecule has 1 saturated carbocycles. The Labute approximate surface area is 159 Å². The zero-order valence-electron chi connectivity index (χ0n) is 16.2. The highest BCUT2D eigenvalue weighted by molar-refractivity contribution is 5.77. The van der Waals surface area contributed by atoms with E-state index in [0.29, 0.717) is 37.0 Å². The van der Waals surface area contributed by atoms with Gasteiger partial charge < -0.3 is 14.5 Å². The summed E-state index contributed by atoms with van der Waals surface area (Å²) in [6, 6.07) is 7.94. The summed E-state index contributed by atoms with van der Waals surface area (Å²) in [4.78, 5) is 19.0. The van der Waals surface area contributed by atoms with Gasteiger partial charge in [0.1, 0.15) is 0 Å². The third kappa shape index (κ3) is 3.16. The number of aliphatic hydroxyl groups is 1. The number of rotatable bonds is 5. The third-order valence-corrected chi connectivity index (χ3v) is 6.36. The number of fused-ring (bicyclic) bond motifs is 1. The van der Waals surface area contributed by atoms with E-state index in [9.17, 15) is 9.90 Å². The Hall–Kier alpha value is -2.21. The molecule has 1 amide bonds. The molecule has 144 valence electrons. The van der Waals surface area contributed by atoms with E-state index in [1.165, 1.54) is 0 Å². The second kappa shape index (κ2) is 6.44. The van der Waals surface area contributed by atoms with E-state index in [2.05, 4.69) is 24.0 Å². The molecule has 0 unspecified atom stereocenters. The maximum atomic E-state index is 12.7. The molecule has 1 aliphatic heterocycles. The van der Waals surface area contributed by atoms with Gasteiger partial charge >= 0.3 is 0 Å². The second-order valence-corrected chi connectivity index (χ2v) is 8.89. The van der Waals surface area contributed by atoms with E-state index in [1.54, 1.807) is 0 Å². The van der Waals surface area contributed by atoms with E-state index in [0.717, 1.165) is 24.1 Å². The first-order valence-corrected chi connectivity index (χ1v) is 9.61. The SMILES string of the molecule is Cc1cccc(-c2noc(CCC(=O)N3C[C@@H]4C(C)(C)C[C@]4(CO)C3)n2)c1. The van der Waals surface area contributed by atoms with Crippen LogP contribution in [0.1, 0.15) is 38.1 Å². The topological polar surface area (TPSA) is 79.5 Å². The van der Waals surface area contributed by atoms with Crippen LogP contribution < -0.4 is 0 Å². The minimum absolute atomic E-state index is 0.0953. The molecule has 0 spiro atoms. The first-order valence-electron chi connectivity index (χ1n) is 9.61. The average molecular weight is 369 g/mol. The molecule has 0 bridgehead atoms. The van der Waals surface area contributed by atoms with Gasteiger partial charge in [0, 0.05) is 36.9 Å². The van der Waals surface area contributed by atoms with Crippen molar-refractivity contribution in [3.8, 4) is 11.4 Å². The second-order valence-electron chi connectivity index (χ2n) is 8.89. The molecule has 2 atom stereocenters. The Morgan fingerprint density at radius 2 is 2.22 bits per heavy atom. The van der Waals surface area contributed by atoms with Gasteiger partial charge in [-0.05, 0) is 30.7 Å². The van der Waals surface area contributed by atoms with Gasteiger partial charge in [0.15, 0.2) is 0 Å². The van der Waals surface area contributed by atoms with E-state index >= 15 is 0 Å². The number of carbonyl (C=O) groups is 1. The largest absolute Gasteiger partial charge is 0.396 e. The number of hydrogen-bond donors (Lipinski definition) is 1. The summed E-state index contributed by atoms with van der Waals surface area (Å²) in [5, 5.41) is 13.9. The fourth-order valence-corrected chi connectivity index (χ4v) is 5.16. The van der Waals surface area contributed by atoms with Crippen molar-refractivity contribution in [1.82, 2.24) is 15.0 Å². The molecular weight excluding hydrogens is 342 g/mol. The minimum Gasteiger partial charge on any atom is -0.396 e. The number of benzene rings is 1. The molecule has 1 saturated heterocycles. The summed E-state index contributed by atoms with van der Waals surface area (Å²) in [5.41, 5.74) is 2.16. The van der Waals surface area contributed by atoms with Crippen molar-refractivity contribution >= 4 is 5.91 Å². The number of likely N-dealkylation sites (tertiary alicyclic amines) is 1. The molecule has 6 nitrogen and oxygen atoms in total. The number of aliphatic hydroxyl groups excluding tert-OH is 1. The summed E-state index contributed by atoms with van der Waals surface area (Å²) < 4.78 is 5.33. The van der Waals surface area contributed by atoms with Crippen molar-refractivity contribution in [3.63, 3.8) is 0 Å². The van der Waals surface area contributed by atoms with Crippen LogP contribution in [0.5, 0.6) is 0 Å². The molecule has 2 aromatic rings. The smallest absolute Gasteiger partial charge is 0.227 e. The van der Waals surface area contributed by atoms with Crippen LogP contribution in [0.4, 0.5) is 0 Å². The molecule has 6 heteroatoms. The first-order chi connectivity index (χ1) is 12.8. The van der Waals surface area contributed by atoms with Gasteiger partial charge in [-0.2, -0.15) is 4.98 Å². The van der Waals surface area contributed by atoms with Crippen molar-refractivity contribution in [2.75, 3.05) is 19.7 Å². The molecule has 27 heavy (non-hydrogen) atoms. The number of aromatic nitrogens is 2. The minimum atomic E-state index is -0.0953. The van der Waals surface area contributed by atoms with Crippen molar-refractivity contribution in [1.29, 1.82) is 0 Å². The summed E-state index contributed by atoms with van der Waals surface area (Å²) in [7, 11) is 0. The lowest BCUT2D eigenvalue weighted by molar-refractivity contribution is -0.130. The number of nitrogens with zero attached hydrogens (tertiary/aromatic N) is 3. The van der Waals surface area contributed by atoms with E-state index < -0.39 is 0 Å². The monoisotopic (exact) mass is 369 g/mol. The molecular formula is C21H27N3O3. The van der Waals surface area contributed by atoms with Crippen LogP contribution in [0.2, 0.25) is 0 Å². The van der Waals surface area contributed by atoms with Gasteiger partial charge in [-0.3, -0.25) is 4.79 Å². The molecule has 1 N–H and O–H groups in total. The molecule has 1 aromatic carbocycles. The lowest BCUT2D eigenvalue weighted by atomic mass is 9.48. The summed E-state index contributed by atoms with van der Waals surface area (Å²) in [6.07, 6.45) is 1.77. The van der Waals surface area contributed by atoms with E-state index in [-0.39, 0.29) is 23.3 Å². The lowest BCUT2D eigenvalue weighted by Crippen LogP contribution is -2.54. The van der Waals surface area contributed by atoms with Crippen LogP contribution in [-0.2, 0) is 11.2 Å². The number of hydrogen-bond acceptors (Lipinski definition) is 5. The number of carbonyl (C=O) groups excluding carboxylic acids is 1. The van der Waals surface area contributed by atoms with Crippen LogP contribution in [-0.4, -0.2) is 45.8 Å². The zero-order chi connectivity index (χ0) is 19.2. The maximum Gasteiger partial charge on any atom is 0.227 e. The van der Waals surface area contributed by atoms with Gasteiger partial charge in [0.2, 0.25) is 17.6 Å². The Bertz CT molecular complexity index is 860. The number of amides is 1. The molecule has 1 aliphatic carbocycles. The highest BCUT2D eigenvalue weighted by atomic mass is 16.5. The quantitative estimate of drug-likeness (QED) is 0.877. The molecule has 1 aromatic heterocycles. The van der Waals surface area contributed by atoms with Gasteiger partial charge in [0.05, 0.1) is 6.61 Å². The van der Waals surface area contributed by atoms with Crippen LogP contribution >= 0.6 is 0 Å². The average Bonchev–Trinajstić information content (AvgIpc) is 3.23. The molecule has 4 rings (SSSR count). The molecule has 2 aliphatic rings. The summed E-state index contributed by atoms with van der Waals surface area (Å²) in [5.74, 6) is 1.53. The van der Waals surface area contributed by atoms with Crippen LogP contribution in [0, 0.1) is 23.7 Å². The molecule has 2 fully saturated rings. The number of aryl methyl sites for hydroxylation is 2. The van der Waals surface area contributed by atoms with Crippen molar-refractivity contribution < 1.29 is 14.4 Å². The van der Waals surface area contributed by atoms with Crippen LogP contribution in [0.25, 0.3) is 11.4 Å². The highest BCUT2D eigenvalue weighted by Crippen LogP contribution is 2.62. The van der Waals surface area contributed by atoms with Crippen LogP contribution in [0.3, 0.4) is 0 Å². The Morgan fingerprint density at radius 1 is 1.41 bits per heavy atom. The Balaban J connectivity index is 1.37. The summed E-state index contributed by atoms with van der Waals surface area (Å²) >= 11 is 0. The van der Waals surface area contributed by atoms with Gasteiger partial charge in [-0.25, -0.2) is 0 Å². The first kappa shape index (κ1) is 18.2. The standard InChI is InChI=1S/C21H27N3O3/c1-14-5-4-6-15(9-14)19-22-17(27-23-19)7-8-18(26)24-10-16-20(2,3)11-21(16,12-24)13-25/h4-6,9,16,25H,7-8,10-13H2,1-3H3/t16-,21-/m1/s1. The normalized spacial score (nSPS) is 25.9. The predicted octanol–water partition coefficient (Wildman–Crippen LogP) is 2.84. The summed E-state index contributed by atoms with van der Waals surface area (Å²) in [6.45, 7) is 8.04. The van der Waals surface area contributed by atoms with E-state index in [4.69, 9.17) is 4.52 Å². The van der Waals surface area contributed by atoms with Gasteiger partial charge in [-0.1, -0.05) is 42.8 Å². The van der Waals surface area contributed by atoms with Gasteiger partial charge in [-0.15, -0.1) is 0 Å². The van der Waals surface area contributed by atoms with Crippen LogP contribution in [0.15, 0.2) is 28.8 Å². The molecule has 2 heterocycles. The zero-order valence-corrected chi connectivity index (χ0v) is 16.2. The maximum absolute atomic E-state index is 12.7. The Morgan fingerprint density at radius 3 is 2.89 bits per heavy atom. The van der Waals surface area contributed by atoms with E-state index in [1.807, 2.05) is 36.1 Å². The van der Waals surface area contributed by atoms with Gasteiger partial charge in [0.25, 0.3) is 0 Å². The Kier molecular flexibility index (Phi) is 4.34. The van der Waals surface area contributed by atoms with Crippen molar-refractivity contribution in [2.45, 2.75) is 40.0 Å². The fourth-order valence-electron chi connectivity index (χ4n) is 5.16. The third-order valence-electron chi connectivity index (χ3n) is 6.36. The van der Waals surface area contributed by atoms with Crippen molar-refractivity contribution in [2.24, 2.45) is 16.7 Å². The highest BCUT2D eigenvalue weighted by Gasteiger charge is 2.62. The van der Waals surface area contributed by atoms with Crippen molar-refractivity contribution in [3.05, 3.63) is 35.7 Å². The predicted molar refractivity (Wildman–Crippen MR) is 101 cm³/mol. The lowest BCUT2D eigenvalue weighted by Gasteiger charge is -2.55.